The van der Waals surface area contributed by atoms with Crippen molar-refractivity contribution in [2.75, 3.05) is 0 Å². The molecule has 7 heteroatoms. The van der Waals surface area contributed by atoms with Gasteiger partial charge in [-0.05, 0) is 14.0 Å². The van der Waals surface area contributed by atoms with Gasteiger partial charge in [-0.25, -0.2) is 0 Å². The molecule has 0 amide bonds. The summed E-state index contributed by atoms with van der Waals surface area (Å²) in [6.07, 6.45) is 0. The molecule has 0 saturated carbocycles. The lowest BCUT2D eigenvalue weighted by Crippen LogP contribution is -1.14. The highest BCUT2D eigenvalue weighted by molar-refractivity contribution is 8.92. The fourth-order valence-corrected chi connectivity index (χ4v) is 32.4. The minimum atomic E-state index is 0.208. The average Bonchev–Trinajstić information content (AvgIpc) is 1.27. The minimum absolute atomic E-state index is 0.208. The van der Waals surface area contributed by atoms with Gasteiger partial charge in [-0.3, -0.25) is 0 Å². The molecule has 0 saturated heterocycles. The predicted octanol–water partition coefficient (Wildman–Crippen LogP) is 3.62. The zero-order chi connectivity index (χ0) is 5.86. The fourth-order valence-electron chi connectivity index (χ4n) is 0.133. The summed E-state index contributed by atoms with van der Waals surface area (Å²) in [5.41, 5.74) is 0. The van der Waals surface area contributed by atoms with Crippen LogP contribution in [-0.4, -0.2) is 0 Å². The molecule has 0 bridgehead atoms. The zero-order valence-corrected chi connectivity index (χ0v) is 11.1. The van der Waals surface area contributed by atoms with Gasteiger partial charge in [-0.1, -0.05) is 7.96 Å². The Kier molecular flexibility index (Phi) is 8.25. The first-order valence-corrected chi connectivity index (χ1v) is 13.3. The van der Waals surface area contributed by atoms with E-state index in [1.54, 1.807) is 0 Å². The second kappa shape index (κ2) is 5.77. The molecule has 0 aliphatic rings. The molecule has 4 atom stereocenters. The van der Waals surface area contributed by atoms with E-state index < -0.39 is 0 Å². The molecule has 44 valence electrons. The van der Waals surface area contributed by atoms with Gasteiger partial charge in [-0.15, -0.1) is 35.7 Å². The molecule has 0 aromatic heterocycles. The molecule has 0 fully saturated rings. The van der Waals surface area contributed by atoms with Crippen molar-refractivity contribution >= 4 is 57.6 Å². The molecule has 4 unspecified atom stereocenters. The molecular formula is H9P7. The van der Waals surface area contributed by atoms with Crippen LogP contribution in [0.15, 0.2) is 0 Å². The van der Waals surface area contributed by atoms with Gasteiger partial charge in [0.2, 0.25) is 0 Å². The van der Waals surface area contributed by atoms with Gasteiger partial charge in [0.1, 0.15) is 0 Å². The first-order valence-electron chi connectivity index (χ1n) is 1.48. The van der Waals surface area contributed by atoms with Crippen LogP contribution < -0.4 is 0 Å². The fraction of sp³-hybridized carbons (Fsp3) is 0. The van der Waals surface area contributed by atoms with Crippen LogP contribution in [0.25, 0.3) is 0 Å². The molecule has 7 heavy (non-hydrogen) atoms. The first-order chi connectivity index (χ1) is 3.13. The van der Waals surface area contributed by atoms with E-state index in [1.807, 2.05) is 0 Å². The topological polar surface area (TPSA) is 0 Å². The van der Waals surface area contributed by atoms with E-state index in [1.165, 1.54) is 0 Å². The number of rotatable bonds is 2. The van der Waals surface area contributed by atoms with E-state index in [2.05, 4.69) is 35.7 Å². The lowest BCUT2D eigenvalue weighted by Gasteiger charge is -2.06. The summed E-state index contributed by atoms with van der Waals surface area (Å²) in [7, 11) is 12.5. The molecule has 0 aliphatic carbocycles. The van der Waals surface area contributed by atoms with Crippen LogP contribution in [0.4, 0.5) is 0 Å². The smallest absolute Gasteiger partial charge is 0.0417 e. The zero-order valence-electron chi connectivity index (χ0n) is 3.70. The Hall–Kier alpha value is 3.01. The Bertz CT molecular complexity index is 29.3. The summed E-state index contributed by atoms with van der Waals surface area (Å²) in [5.74, 6) is 0. The Labute approximate surface area is 58.0 Å². The molecule has 0 radical (unpaired) electrons. The molecule has 0 rings (SSSR count). The summed E-state index contributed by atoms with van der Waals surface area (Å²) < 4.78 is 0. The normalized spacial score (nSPS) is 11.1. The maximum Gasteiger partial charge on any atom is -0.0417 e. The van der Waals surface area contributed by atoms with Gasteiger partial charge in [0.05, 0.1) is 0 Å². The quantitative estimate of drug-likeness (QED) is 0.630. The van der Waals surface area contributed by atoms with Crippen molar-refractivity contribution in [3.8, 4) is 0 Å². The van der Waals surface area contributed by atoms with E-state index in [4.69, 9.17) is 0 Å². The molecule has 0 aromatic carbocycles. The van der Waals surface area contributed by atoms with Gasteiger partial charge < -0.3 is 0 Å². The van der Waals surface area contributed by atoms with E-state index in [0.717, 1.165) is 7.96 Å². The maximum atomic E-state index is 2.83. The van der Waals surface area contributed by atoms with Crippen LogP contribution in [0.5, 0.6) is 0 Å². The predicted molar refractivity (Wildman–Crippen MR) is 61.0 cm³/mol. The van der Waals surface area contributed by atoms with Gasteiger partial charge in [0, 0.05) is 0 Å². The van der Waals surface area contributed by atoms with Crippen molar-refractivity contribution in [2.24, 2.45) is 0 Å². The van der Waals surface area contributed by atoms with Crippen molar-refractivity contribution in [3.05, 3.63) is 0 Å². The van der Waals surface area contributed by atoms with Gasteiger partial charge >= 0.3 is 0 Å². The van der Waals surface area contributed by atoms with Crippen LogP contribution in [-0.2, 0) is 0 Å². The minimum Gasteiger partial charge on any atom is -0.103 e. The summed E-state index contributed by atoms with van der Waals surface area (Å²) in [5, 5.41) is 0. The van der Waals surface area contributed by atoms with Crippen molar-refractivity contribution in [1.82, 2.24) is 0 Å². The third-order valence-electron chi connectivity index (χ3n) is 0.231. The van der Waals surface area contributed by atoms with Gasteiger partial charge in [0.25, 0.3) is 0 Å². The highest BCUT2D eigenvalue weighted by Crippen LogP contribution is 2.86. The number of hydrogen-bond acceptors (Lipinski definition) is 0. The Morgan fingerprint density at radius 3 is 1.14 bits per heavy atom. The Morgan fingerprint density at radius 1 is 0.857 bits per heavy atom. The molecular weight excluding hydrogens is 217 g/mol. The van der Waals surface area contributed by atoms with Crippen molar-refractivity contribution in [1.29, 1.82) is 0 Å². The summed E-state index contributed by atoms with van der Waals surface area (Å²) >= 11 is 0. The van der Waals surface area contributed by atoms with E-state index in [-0.39, 0.29) is 14.0 Å². The van der Waals surface area contributed by atoms with Crippen LogP contribution >= 0.6 is 57.6 Å². The highest BCUT2D eigenvalue weighted by atomic mass is 33.0. The average molecular weight is 226 g/mol. The van der Waals surface area contributed by atoms with Crippen molar-refractivity contribution in [2.45, 2.75) is 0 Å². The second-order valence-corrected chi connectivity index (χ2v) is 24.7. The summed E-state index contributed by atoms with van der Waals surface area (Å²) in [4.78, 5) is 0. The van der Waals surface area contributed by atoms with E-state index in [9.17, 15) is 0 Å². The monoisotopic (exact) mass is 226 g/mol. The summed E-state index contributed by atoms with van der Waals surface area (Å²) in [6, 6.07) is 0. The van der Waals surface area contributed by atoms with Crippen molar-refractivity contribution in [3.63, 3.8) is 0 Å². The van der Waals surface area contributed by atoms with Crippen LogP contribution in [0.1, 0.15) is 0 Å². The highest BCUT2D eigenvalue weighted by Gasteiger charge is 1.94. The molecule has 0 N–H and O–H groups in total. The lowest BCUT2D eigenvalue weighted by atomic mass is 29.0. The van der Waals surface area contributed by atoms with Crippen LogP contribution in [0, 0.1) is 0 Å². The molecule has 0 aliphatic heterocycles. The molecule has 0 heterocycles. The SMILES string of the molecule is PP(P)PP(P)P. The first kappa shape index (κ1) is 10.0. The van der Waals surface area contributed by atoms with E-state index in [0.29, 0.717) is 0 Å². The molecule has 0 aromatic rings. The molecule has 0 spiro atoms. The summed E-state index contributed by atoms with van der Waals surface area (Å²) in [6.45, 7) is 0.417. The van der Waals surface area contributed by atoms with Gasteiger partial charge in [-0.2, -0.15) is 0 Å². The van der Waals surface area contributed by atoms with Crippen LogP contribution in [0.3, 0.4) is 0 Å². The van der Waals surface area contributed by atoms with E-state index >= 15 is 0 Å². The van der Waals surface area contributed by atoms with Gasteiger partial charge in [0.15, 0.2) is 0 Å². The maximum absolute atomic E-state index is 2.83. The van der Waals surface area contributed by atoms with Crippen molar-refractivity contribution < 1.29 is 0 Å². The largest absolute Gasteiger partial charge is 0.103 e. The Morgan fingerprint density at radius 2 is 1.14 bits per heavy atom. The molecule has 0 nitrogen and oxygen atoms in total. The Balaban J connectivity index is 2.95. The lowest BCUT2D eigenvalue weighted by molar-refractivity contribution is 4.92. The third-order valence-corrected chi connectivity index (χ3v) is 18.7. The number of hydrogen-bond donors (Lipinski definition) is 0. The third kappa shape index (κ3) is 9.01. The van der Waals surface area contributed by atoms with Crippen LogP contribution in [0.2, 0.25) is 0 Å². The second-order valence-electron chi connectivity index (χ2n) is 0.915. The standard InChI is InChI=1S/H9P7/c1-6(2)5-7(3)4/h5H,1-4H2.